The molecule has 0 amide bonds. The smallest absolute Gasteiger partial charge is 0.297 e. The third-order valence-corrected chi connectivity index (χ3v) is 2.98. The zero-order valence-electron chi connectivity index (χ0n) is 8.34. The summed E-state index contributed by atoms with van der Waals surface area (Å²) >= 11 is 0. The number of nitrogen functional groups attached to an aromatic ring is 1. The van der Waals surface area contributed by atoms with Crippen LogP contribution in [0, 0.1) is 0 Å². The Morgan fingerprint density at radius 2 is 2.07 bits per heavy atom. The molecule has 1 aromatic carbocycles. The van der Waals surface area contributed by atoms with Crippen molar-refractivity contribution in [2.75, 3.05) is 26.1 Å². The number of rotatable bonds is 5. The van der Waals surface area contributed by atoms with Crippen LogP contribution in [0.4, 0.5) is 5.69 Å². The van der Waals surface area contributed by atoms with Crippen LogP contribution in [0.25, 0.3) is 0 Å². The van der Waals surface area contributed by atoms with Gasteiger partial charge in [-0.3, -0.25) is 4.18 Å². The minimum Gasteiger partial charge on any atom is -0.399 e. The molecule has 0 fully saturated rings. The van der Waals surface area contributed by atoms with Crippen LogP contribution in [0.15, 0.2) is 29.2 Å². The average molecular weight is 231 g/mol. The minimum atomic E-state index is -3.72. The molecule has 0 atom stereocenters. The molecule has 6 heteroatoms. The lowest BCUT2D eigenvalue weighted by Gasteiger charge is -2.05. The summed E-state index contributed by atoms with van der Waals surface area (Å²) in [7, 11) is -2.25. The standard InChI is InChI=1S/C9H13NO4S/c1-13-5-6-14-15(11,12)9-4-2-3-8(10)7-9/h2-4,7H,5-6,10H2,1H3. The fourth-order valence-corrected chi connectivity index (χ4v) is 1.91. The number of hydrogen-bond donors (Lipinski definition) is 1. The predicted octanol–water partition coefficient (Wildman–Crippen LogP) is 0.620. The number of benzene rings is 1. The Bertz CT molecular complexity index is 416. The molecule has 2 N–H and O–H groups in total. The summed E-state index contributed by atoms with van der Waals surface area (Å²) in [5.74, 6) is 0. The number of ether oxygens (including phenoxy) is 1. The molecule has 0 unspecified atom stereocenters. The molecule has 0 radical (unpaired) electrons. The second kappa shape index (κ2) is 5.11. The summed E-state index contributed by atoms with van der Waals surface area (Å²) in [5.41, 5.74) is 5.85. The molecule has 15 heavy (non-hydrogen) atoms. The molecule has 0 saturated carbocycles. The Balaban J connectivity index is 2.77. The van der Waals surface area contributed by atoms with Gasteiger partial charge in [0, 0.05) is 12.8 Å². The van der Waals surface area contributed by atoms with Crippen molar-refractivity contribution in [2.24, 2.45) is 0 Å². The van der Waals surface area contributed by atoms with E-state index < -0.39 is 10.1 Å². The van der Waals surface area contributed by atoms with Gasteiger partial charge in [-0.15, -0.1) is 0 Å². The molecule has 0 aliphatic carbocycles. The fraction of sp³-hybridized carbons (Fsp3) is 0.333. The minimum absolute atomic E-state index is 0.00632. The van der Waals surface area contributed by atoms with Crippen molar-refractivity contribution < 1.29 is 17.3 Å². The first-order valence-electron chi connectivity index (χ1n) is 4.30. The Morgan fingerprint density at radius 1 is 1.33 bits per heavy atom. The molecular weight excluding hydrogens is 218 g/mol. The van der Waals surface area contributed by atoms with E-state index in [4.69, 9.17) is 9.92 Å². The monoisotopic (exact) mass is 231 g/mol. The molecule has 84 valence electrons. The van der Waals surface area contributed by atoms with Crippen LogP contribution in [0.2, 0.25) is 0 Å². The van der Waals surface area contributed by atoms with Gasteiger partial charge >= 0.3 is 0 Å². The Morgan fingerprint density at radius 3 is 2.67 bits per heavy atom. The third-order valence-electron chi connectivity index (χ3n) is 1.67. The van der Waals surface area contributed by atoms with E-state index in [0.29, 0.717) is 5.69 Å². The van der Waals surface area contributed by atoms with Crippen LogP contribution in [0.5, 0.6) is 0 Å². The highest BCUT2D eigenvalue weighted by molar-refractivity contribution is 7.86. The second-order valence-corrected chi connectivity index (χ2v) is 4.46. The largest absolute Gasteiger partial charge is 0.399 e. The van der Waals surface area contributed by atoms with Crippen molar-refractivity contribution in [3.05, 3.63) is 24.3 Å². The lowest BCUT2D eigenvalue weighted by atomic mass is 10.3. The number of methoxy groups -OCH3 is 1. The van der Waals surface area contributed by atoms with E-state index in [1.807, 2.05) is 0 Å². The first kappa shape index (κ1) is 12.0. The molecule has 0 spiro atoms. The van der Waals surface area contributed by atoms with E-state index in [2.05, 4.69) is 4.74 Å². The van der Waals surface area contributed by atoms with Crippen LogP contribution < -0.4 is 5.73 Å². The van der Waals surface area contributed by atoms with Gasteiger partial charge in [0.1, 0.15) is 0 Å². The maximum atomic E-state index is 11.5. The van der Waals surface area contributed by atoms with Crippen LogP contribution in [-0.4, -0.2) is 28.7 Å². The summed E-state index contributed by atoms with van der Waals surface area (Å²) in [6.45, 7) is 0.217. The van der Waals surface area contributed by atoms with Crippen molar-refractivity contribution in [3.63, 3.8) is 0 Å². The molecule has 0 aliphatic rings. The average Bonchev–Trinajstić information content (AvgIpc) is 2.18. The second-order valence-electron chi connectivity index (χ2n) is 2.84. The van der Waals surface area contributed by atoms with E-state index in [1.165, 1.54) is 19.2 Å². The first-order valence-corrected chi connectivity index (χ1v) is 5.71. The van der Waals surface area contributed by atoms with Crippen LogP contribution in [0.3, 0.4) is 0 Å². The van der Waals surface area contributed by atoms with Gasteiger partial charge in [0.25, 0.3) is 10.1 Å². The van der Waals surface area contributed by atoms with Crippen LogP contribution in [0.1, 0.15) is 0 Å². The highest BCUT2D eigenvalue weighted by Gasteiger charge is 2.14. The summed E-state index contributed by atoms with van der Waals surface area (Å²) < 4.78 is 32.4. The highest BCUT2D eigenvalue weighted by Crippen LogP contribution is 2.14. The SMILES string of the molecule is COCCOS(=O)(=O)c1cccc(N)c1. The molecule has 1 aromatic rings. The molecule has 0 bridgehead atoms. The zero-order chi connectivity index (χ0) is 11.3. The maximum Gasteiger partial charge on any atom is 0.297 e. The van der Waals surface area contributed by atoms with Crippen LogP contribution >= 0.6 is 0 Å². The van der Waals surface area contributed by atoms with E-state index in [-0.39, 0.29) is 18.1 Å². The Labute approximate surface area is 88.9 Å². The molecular formula is C9H13NO4S. The van der Waals surface area contributed by atoms with Gasteiger partial charge in [-0.1, -0.05) is 6.07 Å². The molecule has 1 rings (SSSR count). The Hall–Kier alpha value is -1.11. The van der Waals surface area contributed by atoms with Gasteiger partial charge in [-0.05, 0) is 18.2 Å². The summed E-state index contributed by atoms with van der Waals surface area (Å²) in [5, 5.41) is 0. The van der Waals surface area contributed by atoms with E-state index >= 15 is 0 Å². The first-order chi connectivity index (χ1) is 7.06. The van der Waals surface area contributed by atoms with E-state index in [9.17, 15) is 8.42 Å². The fourth-order valence-electron chi connectivity index (χ4n) is 0.965. The lowest BCUT2D eigenvalue weighted by molar-refractivity contribution is 0.149. The number of hydrogen-bond acceptors (Lipinski definition) is 5. The van der Waals surface area contributed by atoms with Crippen LogP contribution in [-0.2, 0) is 19.0 Å². The maximum absolute atomic E-state index is 11.5. The summed E-state index contributed by atoms with van der Waals surface area (Å²) in [4.78, 5) is 0.0543. The third kappa shape index (κ3) is 3.50. The Kier molecular flexibility index (Phi) is 4.07. The highest BCUT2D eigenvalue weighted by atomic mass is 32.2. The van der Waals surface area contributed by atoms with E-state index in [0.717, 1.165) is 0 Å². The predicted molar refractivity (Wildman–Crippen MR) is 55.9 cm³/mol. The van der Waals surface area contributed by atoms with Gasteiger partial charge < -0.3 is 10.5 Å². The normalized spacial score (nSPS) is 11.5. The van der Waals surface area contributed by atoms with Crippen molar-refractivity contribution in [3.8, 4) is 0 Å². The topological polar surface area (TPSA) is 78.6 Å². The molecule has 5 nitrogen and oxygen atoms in total. The summed E-state index contributed by atoms with van der Waals surface area (Å²) in [6.07, 6.45) is 0. The lowest BCUT2D eigenvalue weighted by Crippen LogP contribution is -2.10. The molecule has 0 aliphatic heterocycles. The number of nitrogens with two attached hydrogens (primary N) is 1. The van der Waals surface area contributed by atoms with Gasteiger partial charge in [0.15, 0.2) is 0 Å². The van der Waals surface area contributed by atoms with Crippen molar-refractivity contribution in [2.45, 2.75) is 4.90 Å². The van der Waals surface area contributed by atoms with Gasteiger partial charge in [-0.25, -0.2) is 0 Å². The number of anilines is 1. The van der Waals surface area contributed by atoms with Crippen molar-refractivity contribution in [1.82, 2.24) is 0 Å². The molecule has 0 saturated heterocycles. The summed E-state index contributed by atoms with van der Waals surface area (Å²) in [6, 6.07) is 5.94. The van der Waals surface area contributed by atoms with Gasteiger partial charge in [-0.2, -0.15) is 8.42 Å². The van der Waals surface area contributed by atoms with Crippen molar-refractivity contribution >= 4 is 15.8 Å². The zero-order valence-corrected chi connectivity index (χ0v) is 9.16. The molecule has 0 heterocycles. The van der Waals surface area contributed by atoms with Gasteiger partial charge in [0.05, 0.1) is 18.1 Å². The van der Waals surface area contributed by atoms with Crippen molar-refractivity contribution in [1.29, 1.82) is 0 Å². The quantitative estimate of drug-likeness (QED) is 0.456. The molecule has 0 aromatic heterocycles. The van der Waals surface area contributed by atoms with E-state index in [1.54, 1.807) is 12.1 Å². The van der Waals surface area contributed by atoms with Gasteiger partial charge in [0.2, 0.25) is 0 Å².